The van der Waals surface area contributed by atoms with E-state index in [4.69, 9.17) is 4.52 Å². The molecule has 2 N–H and O–H groups in total. The van der Waals surface area contributed by atoms with E-state index in [1.54, 1.807) is 60.7 Å². The van der Waals surface area contributed by atoms with Gasteiger partial charge >= 0.3 is 5.97 Å². The molecule has 1 heterocycles. The Labute approximate surface area is 247 Å². The molecule has 4 aromatic carbocycles. The average molecular weight is 582 g/mol. The zero-order chi connectivity index (χ0) is 30.7. The van der Waals surface area contributed by atoms with Crippen molar-refractivity contribution in [2.75, 3.05) is 0 Å². The van der Waals surface area contributed by atoms with Gasteiger partial charge in [0, 0.05) is 34.7 Å². The predicted octanol–water partition coefficient (Wildman–Crippen LogP) is 7.07. The second-order valence-electron chi connectivity index (χ2n) is 11.2. The van der Waals surface area contributed by atoms with E-state index in [1.807, 2.05) is 12.1 Å². The minimum Gasteiger partial charge on any atom is -0.480 e. The summed E-state index contributed by atoms with van der Waals surface area (Å²) < 4.78 is 32.8. The van der Waals surface area contributed by atoms with Gasteiger partial charge in [-0.2, -0.15) is 4.98 Å². The number of aliphatic carboxylic acids is 1. The van der Waals surface area contributed by atoms with E-state index in [9.17, 15) is 23.5 Å². The fourth-order valence-corrected chi connectivity index (χ4v) is 4.56. The number of nitrogens with zero attached hydrogens (tertiary/aromatic N) is 2. The summed E-state index contributed by atoms with van der Waals surface area (Å²) in [5.74, 6) is -2.31. The lowest BCUT2D eigenvalue weighted by Gasteiger charge is -2.19. The standard InChI is InChI=1S/C34H29F2N3O4/c1-34(2,3)25-14-12-23(13-15-25)31(40)37-29(33(41)42)18-20-4-6-22(7-5-20)30-38-32(43-39-30)24-10-8-21(9-11-24)27-17-16-26(35)19-28(27)36/h4-17,19,29H,18H2,1-3H3,(H,37,40)(H,41,42)/t29-/m0/s1. The monoisotopic (exact) mass is 581 g/mol. The van der Waals surface area contributed by atoms with E-state index in [-0.39, 0.29) is 23.3 Å². The molecule has 1 amide bonds. The molecule has 1 aromatic heterocycles. The lowest BCUT2D eigenvalue weighted by atomic mass is 9.86. The Hall–Kier alpha value is -5.18. The van der Waals surface area contributed by atoms with Gasteiger partial charge in [0.2, 0.25) is 5.82 Å². The fraction of sp³-hybridized carbons (Fsp3) is 0.176. The summed E-state index contributed by atoms with van der Waals surface area (Å²) in [7, 11) is 0. The van der Waals surface area contributed by atoms with Crippen LogP contribution in [0.25, 0.3) is 34.0 Å². The smallest absolute Gasteiger partial charge is 0.326 e. The summed E-state index contributed by atoms with van der Waals surface area (Å²) in [6.45, 7) is 6.23. The number of carboxylic acid groups (broad SMARTS) is 1. The average Bonchev–Trinajstić information content (AvgIpc) is 3.47. The van der Waals surface area contributed by atoms with Crippen LogP contribution in [0.4, 0.5) is 8.78 Å². The number of benzene rings is 4. The maximum Gasteiger partial charge on any atom is 0.326 e. The van der Waals surface area contributed by atoms with Gasteiger partial charge in [-0.25, -0.2) is 13.6 Å². The summed E-state index contributed by atoms with van der Waals surface area (Å²) in [4.78, 5) is 29.1. The number of nitrogens with one attached hydrogen (secondary N) is 1. The van der Waals surface area contributed by atoms with Crippen LogP contribution in [0.2, 0.25) is 0 Å². The number of hydrogen-bond donors (Lipinski definition) is 2. The first-order chi connectivity index (χ1) is 20.5. The predicted molar refractivity (Wildman–Crippen MR) is 158 cm³/mol. The van der Waals surface area contributed by atoms with Crippen LogP contribution < -0.4 is 5.32 Å². The van der Waals surface area contributed by atoms with Crippen molar-refractivity contribution < 1.29 is 28.0 Å². The lowest BCUT2D eigenvalue weighted by Crippen LogP contribution is -2.42. The van der Waals surface area contributed by atoms with Crippen LogP contribution in [0, 0.1) is 11.6 Å². The Morgan fingerprint density at radius 3 is 2.09 bits per heavy atom. The molecular weight excluding hydrogens is 552 g/mol. The van der Waals surface area contributed by atoms with E-state index in [0.29, 0.717) is 33.6 Å². The minimum atomic E-state index is -1.14. The highest BCUT2D eigenvalue weighted by Gasteiger charge is 2.22. The largest absolute Gasteiger partial charge is 0.480 e. The van der Waals surface area contributed by atoms with Crippen molar-refractivity contribution in [3.8, 4) is 34.0 Å². The Morgan fingerprint density at radius 1 is 0.860 bits per heavy atom. The van der Waals surface area contributed by atoms with E-state index in [2.05, 4.69) is 36.2 Å². The van der Waals surface area contributed by atoms with Gasteiger partial charge in [-0.1, -0.05) is 74.5 Å². The number of hydrogen-bond acceptors (Lipinski definition) is 5. The van der Waals surface area contributed by atoms with Gasteiger partial charge in [-0.3, -0.25) is 4.79 Å². The fourth-order valence-electron chi connectivity index (χ4n) is 4.56. The number of amides is 1. The number of carboxylic acids is 1. The Kier molecular flexibility index (Phi) is 8.16. The van der Waals surface area contributed by atoms with Crippen molar-refractivity contribution >= 4 is 11.9 Å². The highest BCUT2D eigenvalue weighted by atomic mass is 19.1. The first-order valence-electron chi connectivity index (χ1n) is 13.6. The quantitative estimate of drug-likeness (QED) is 0.203. The molecule has 0 aliphatic carbocycles. The Bertz CT molecular complexity index is 1760. The first kappa shape index (κ1) is 29.3. The third-order valence-corrected chi connectivity index (χ3v) is 7.07. The molecule has 0 unspecified atom stereocenters. The van der Waals surface area contributed by atoms with E-state index in [0.717, 1.165) is 11.6 Å². The number of carbonyl (C=O) groups is 2. The zero-order valence-electron chi connectivity index (χ0n) is 23.8. The summed E-state index contributed by atoms with van der Waals surface area (Å²) in [5, 5.41) is 16.4. The third kappa shape index (κ3) is 6.83. The lowest BCUT2D eigenvalue weighted by molar-refractivity contribution is -0.139. The van der Waals surface area contributed by atoms with Crippen molar-refractivity contribution in [2.24, 2.45) is 0 Å². The first-order valence-corrected chi connectivity index (χ1v) is 13.6. The van der Waals surface area contributed by atoms with E-state index in [1.165, 1.54) is 12.1 Å². The molecule has 0 saturated heterocycles. The zero-order valence-corrected chi connectivity index (χ0v) is 23.8. The highest BCUT2D eigenvalue weighted by molar-refractivity contribution is 5.96. The minimum absolute atomic E-state index is 0.0620. The van der Waals surface area contributed by atoms with Crippen LogP contribution in [-0.2, 0) is 16.6 Å². The summed E-state index contributed by atoms with van der Waals surface area (Å²) in [5.41, 5.74) is 4.22. The molecule has 0 radical (unpaired) electrons. The van der Waals surface area contributed by atoms with Gasteiger partial charge < -0.3 is 14.9 Å². The molecule has 9 heteroatoms. The van der Waals surface area contributed by atoms with Crippen LogP contribution >= 0.6 is 0 Å². The van der Waals surface area contributed by atoms with Crippen LogP contribution in [0.3, 0.4) is 0 Å². The van der Waals surface area contributed by atoms with Crippen molar-refractivity contribution in [3.05, 3.63) is 119 Å². The molecule has 5 rings (SSSR count). The SMILES string of the molecule is CC(C)(C)c1ccc(C(=O)N[C@@H](Cc2ccc(-c3noc(-c4ccc(-c5ccc(F)cc5F)cc4)n3)cc2)C(=O)O)cc1. The topological polar surface area (TPSA) is 105 Å². The number of rotatable bonds is 8. The molecule has 0 aliphatic heterocycles. The normalized spacial score (nSPS) is 12.1. The van der Waals surface area contributed by atoms with Crippen LogP contribution in [-0.4, -0.2) is 33.2 Å². The van der Waals surface area contributed by atoms with Crippen molar-refractivity contribution in [3.63, 3.8) is 0 Å². The number of carbonyl (C=O) groups excluding carboxylic acids is 1. The van der Waals surface area contributed by atoms with Gasteiger partial charge in [0.15, 0.2) is 0 Å². The van der Waals surface area contributed by atoms with Crippen LogP contribution in [0.15, 0.2) is 95.5 Å². The van der Waals surface area contributed by atoms with Gasteiger partial charge in [0.05, 0.1) is 0 Å². The van der Waals surface area contributed by atoms with Gasteiger partial charge in [0.25, 0.3) is 11.8 Å². The van der Waals surface area contributed by atoms with Crippen molar-refractivity contribution in [1.29, 1.82) is 0 Å². The third-order valence-electron chi connectivity index (χ3n) is 7.07. The molecule has 5 aromatic rings. The molecule has 7 nitrogen and oxygen atoms in total. The number of halogens is 2. The molecule has 0 saturated carbocycles. The summed E-state index contributed by atoms with van der Waals surface area (Å²) in [6, 6.07) is 23.2. The molecular formula is C34H29F2N3O4. The molecule has 218 valence electrons. The van der Waals surface area contributed by atoms with Crippen LogP contribution in [0.1, 0.15) is 42.3 Å². The molecule has 1 atom stereocenters. The summed E-state index contributed by atoms with van der Waals surface area (Å²) >= 11 is 0. The van der Waals surface area contributed by atoms with E-state index < -0.39 is 29.6 Å². The maximum absolute atomic E-state index is 14.1. The summed E-state index contributed by atoms with van der Waals surface area (Å²) in [6.07, 6.45) is 0.0833. The molecule has 0 fully saturated rings. The maximum atomic E-state index is 14.1. The molecule has 43 heavy (non-hydrogen) atoms. The number of aromatic nitrogens is 2. The molecule has 0 spiro atoms. The highest BCUT2D eigenvalue weighted by Crippen LogP contribution is 2.28. The molecule has 0 aliphatic rings. The van der Waals surface area contributed by atoms with Gasteiger partial charge in [-0.05, 0) is 58.5 Å². The van der Waals surface area contributed by atoms with Gasteiger partial charge in [0.1, 0.15) is 17.7 Å². The Balaban J connectivity index is 1.24. The second kappa shape index (κ2) is 12.0. The Morgan fingerprint density at radius 2 is 1.49 bits per heavy atom. The van der Waals surface area contributed by atoms with Gasteiger partial charge in [-0.15, -0.1) is 0 Å². The second-order valence-corrected chi connectivity index (χ2v) is 11.2. The van der Waals surface area contributed by atoms with Crippen molar-refractivity contribution in [1.82, 2.24) is 15.5 Å². The molecule has 0 bridgehead atoms. The van der Waals surface area contributed by atoms with E-state index >= 15 is 0 Å². The van der Waals surface area contributed by atoms with Crippen molar-refractivity contribution in [2.45, 2.75) is 38.6 Å². The van der Waals surface area contributed by atoms with Crippen LogP contribution in [0.5, 0.6) is 0 Å².